The second-order valence-electron chi connectivity index (χ2n) is 3.91. The Morgan fingerprint density at radius 2 is 2.31 bits per heavy atom. The van der Waals surface area contributed by atoms with Gasteiger partial charge in [-0.1, -0.05) is 6.92 Å². The Bertz CT molecular complexity index is 194. The third kappa shape index (κ3) is 2.42. The zero-order valence-electron chi connectivity index (χ0n) is 8.23. The molecule has 3 N–H and O–H groups in total. The topological polar surface area (TPSA) is 66.6 Å². The molecular formula is C9H18N2O2. The number of rotatable bonds is 1. The molecule has 1 saturated heterocycles. The minimum absolute atomic E-state index is 0.0150. The molecule has 0 bridgehead atoms. The van der Waals surface area contributed by atoms with Gasteiger partial charge in [-0.3, -0.25) is 4.79 Å². The van der Waals surface area contributed by atoms with Crippen LogP contribution in [0.25, 0.3) is 0 Å². The first-order valence-corrected chi connectivity index (χ1v) is 4.74. The van der Waals surface area contributed by atoms with Gasteiger partial charge in [0.25, 0.3) is 0 Å². The van der Waals surface area contributed by atoms with E-state index in [0.717, 1.165) is 0 Å². The van der Waals surface area contributed by atoms with Crippen LogP contribution >= 0.6 is 0 Å². The van der Waals surface area contributed by atoms with Crippen LogP contribution in [0.3, 0.4) is 0 Å². The van der Waals surface area contributed by atoms with E-state index in [-0.39, 0.29) is 17.9 Å². The smallest absolute Gasteiger partial charge is 0.239 e. The Hall–Kier alpha value is -0.610. The molecule has 0 aromatic rings. The number of hydrogen-bond acceptors (Lipinski definition) is 3. The van der Waals surface area contributed by atoms with Crippen molar-refractivity contribution in [2.24, 2.45) is 11.7 Å². The zero-order chi connectivity index (χ0) is 10.0. The summed E-state index contributed by atoms with van der Waals surface area (Å²) < 4.78 is 0. The molecule has 0 spiro atoms. The maximum Gasteiger partial charge on any atom is 0.239 e. The summed E-state index contributed by atoms with van der Waals surface area (Å²) >= 11 is 0. The predicted molar refractivity (Wildman–Crippen MR) is 50.0 cm³/mol. The third-order valence-corrected chi connectivity index (χ3v) is 2.56. The summed E-state index contributed by atoms with van der Waals surface area (Å²) in [5.74, 6) is 0.148. The van der Waals surface area contributed by atoms with Gasteiger partial charge in [-0.25, -0.2) is 0 Å². The van der Waals surface area contributed by atoms with Crippen molar-refractivity contribution < 1.29 is 9.90 Å². The summed E-state index contributed by atoms with van der Waals surface area (Å²) in [4.78, 5) is 13.2. The fourth-order valence-corrected chi connectivity index (χ4v) is 1.62. The van der Waals surface area contributed by atoms with Crippen LogP contribution in [0, 0.1) is 5.92 Å². The Balaban J connectivity index is 2.50. The first-order valence-electron chi connectivity index (χ1n) is 4.74. The highest BCUT2D eigenvalue weighted by Crippen LogP contribution is 2.16. The molecule has 1 amide bonds. The predicted octanol–water partition coefficient (Wildman–Crippen LogP) is -0.437. The van der Waals surface area contributed by atoms with E-state index in [9.17, 15) is 9.90 Å². The van der Waals surface area contributed by atoms with Crippen molar-refractivity contribution in [2.45, 2.75) is 32.4 Å². The lowest BCUT2D eigenvalue weighted by Crippen LogP contribution is -2.49. The number of carbonyl (C=O) groups excluding carboxylic acids is 1. The second-order valence-corrected chi connectivity index (χ2v) is 3.91. The Morgan fingerprint density at radius 3 is 2.77 bits per heavy atom. The minimum atomic E-state index is -0.428. The molecule has 4 nitrogen and oxygen atoms in total. The van der Waals surface area contributed by atoms with E-state index in [0.29, 0.717) is 19.5 Å². The average Bonchev–Trinajstić information content (AvgIpc) is 2.08. The van der Waals surface area contributed by atoms with Crippen LogP contribution in [0.15, 0.2) is 0 Å². The van der Waals surface area contributed by atoms with Crippen molar-refractivity contribution in [1.29, 1.82) is 0 Å². The average molecular weight is 186 g/mol. The maximum absolute atomic E-state index is 11.5. The minimum Gasteiger partial charge on any atom is -0.393 e. The fourth-order valence-electron chi connectivity index (χ4n) is 1.62. The molecule has 0 aromatic heterocycles. The third-order valence-electron chi connectivity index (χ3n) is 2.56. The molecular weight excluding hydrogens is 168 g/mol. The lowest BCUT2D eigenvalue weighted by Gasteiger charge is -2.35. The molecule has 0 radical (unpaired) electrons. The van der Waals surface area contributed by atoms with E-state index >= 15 is 0 Å². The van der Waals surface area contributed by atoms with Crippen LogP contribution in [0.2, 0.25) is 0 Å². The van der Waals surface area contributed by atoms with E-state index in [1.807, 2.05) is 6.92 Å². The summed E-state index contributed by atoms with van der Waals surface area (Å²) in [5, 5.41) is 9.45. The molecule has 3 atom stereocenters. The van der Waals surface area contributed by atoms with Gasteiger partial charge in [-0.2, -0.15) is 0 Å². The van der Waals surface area contributed by atoms with E-state index in [1.54, 1.807) is 11.8 Å². The number of piperidine rings is 1. The van der Waals surface area contributed by atoms with Crippen LogP contribution in [0.1, 0.15) is 20.3 Å². The molecule has 0 aromatic carbocycles. The van der Waals surface area contributed by atoms with Crippen molar-refractivity contribution in [1.82, 2.24) is 4.90 Å². The number of amides is 1. The number of aliphatic hydroxyl groups is 1. The summed E-state index contributed by atoms with van der Waals surface area (Å²) in [6.07, 6.45) is 0.400. The van der Waals surface area contributed by atoms with Gasteiger partial charge in [0, 0.05) is 13.1 Å². The van der Waals surface area contributed by atoms with Crippen molar-refractivity contribution in [3.05, 3.63) is 0 Å². The number of nitrogens with zero attached hydrogens (tertiary/aromatic N) is 1. The molecule has 1 aliphatic rings. The zero-order valence-corrected chi connectivity index (χ0v) is 8.23. The number of likely N-dealkylation sites (tertiary alicyclic amines) is 1. The number of aliphatic hydroxyl groups excluding tert-OH is 1. The van der Waals surface area contributed by atoms with E-state index in [4.69, 9.17) is 5.73 Å². The van der Waals surface area contributed by atoms with Crippen LogP contribution < -0.4 is 5.73 Å². The first kappa shape index (κ1) is 10.5. The molecule has 0 saturated carbocycles. The summed E-state index contributed by atoms with van der Waals surface area (Å²) in [6, 6.07) is -0.428. The van der Waals surface area contributed by atoms with E-state index < -0.39 is 6.04 Å². The summed E-state index contributed by atoms with van der Waals surface area (Å²) in [6.45, 7) is 4.90. The van der Waals surface area contributed by atoms with Crippen molar-refractivity contribution >= 4 is 5.91 Å². The van der Waals surface area contributed by atoms with Crippen molar-refractivity contribution in [3.8, 4) is 0 Å². The second kappa shape index (κ2) is 4.07. The van der Waals surface area contributed by atoms with Crippen LogP contribution in [-0.4, -0.2) is 41.1 Å². The molecule has 0 aliphatic carbocycles. The van der Waals surface area contributed by atoms with Gasteiger partial charge in [0.05, 0.1) is 12.1 Å². The summed E-state index contributed by atoms with van der Waals surface area (Å²) in [7, 11) is 0. The van der Waals surface area contributed by atoms with Gasteiger partial charge in [-0.15, -0.1) is 0 Å². The molecule has 13 heavy (non-hydrogen) atoms. The molecule has 1 aliphatic heterocycles. The lowest BCUT2D eigenvalue weighted by atomic mass is 9.96. The standard InChI is InChI=1S/C9H18N2O2/c1-6-5-11(4-3-8(6)12)9(13)7(2)10/h6-8,12H,3-5,10H2,1-2H3/t6-,7+,8-/m1/s1. The fraction of sp³-hybridized carbons (Fsp3) is 0.889. The lowest BCUT2D eigenvalue weighted by molar-refractivity contribution is -0.135. The van der Waals surface area contributed by atoms with Crippen LogP contribution in [-0.2, 0) is 4.79 Å². The Morgan fingerprint density at radius 1 is 1.69 bits per heavy atom. The van der Waals surface area contributed by atoms with Gasteiger partial charge >= 0.3 is 0 Å². The normalized spacial score (nSPS) is 31.5. The largest absolute Gasteiger partial charge is 0.393 e. The maximum atomic E-state index is 11.5. The van der Waals surface area contributed by atoms with Gasteiger partial charge in [0.2, 0.25) is 5.91 Å². The Kier molecular flexibility index (Phi) is 3.27. The molecule has 1 heterocycles. The van der Waals surface area contributed by atoms with Crippen molar-refractivity contribution in [3.63, 3.8) is 0 Å². The van der Waals surface area contributed by atoms with Crippen LogP contribution in [0.4, 0.5) is 0 Å². The molecule has 76 valence electrons. The molecule has 1 fully saturated rings. The Labute approximate surface area is 78.7 Å². The highest BCUT2D eigenvalue weighted by atomic mass is 16.3. The van der Waals surface area contributed by atoms with E-state index in [1.165, 1.54) is 0 Å². The van der Waals surface area contributed by atoms with Gasteiger partial charge in [-0.05, 0) is 19.3 Å². The van der Waals surface area contributed by atoms with Gasteiger partial charge in [0.1, 0.15) is 0 Å². The quantitative estimate of drug-likeness (QED) is 0.583. The summed E-state index contributed by atoms with van der Waals surface area (Å²) in [5.41, 5.74) is 5.49. The SMILES string of the molecule is C[C@H](N)C(=O)N1CC[C@@H](O)[C@H](C)C1. The van der Waals surface area contributed by atoms with Gasteiger partial charge in [0.15, 0.2) is 0 Å². The molecule has 4 heteroatoms. The number of nitrogens with two attached hydrogens (primary N) is 1. The van der Waals surface area contributed by atoms with Crippen molar-refractivity contribution in [2.75, 3.05) is 13.1 Å². The number of hydrogen-bond donors (Lipinski definition) is 2. The highest BCUT2D eigenvalue weighted by Gasteiger charge is 2.28. The van der Waals surface area contributed by atoms with Crippen LogP contribution in [0.5, 0.6) is 0 Å². The monoisotopic (exact) mass is 186 g/mol. The molecule has 1 rings (SSSR count). The highest BCUT2D eigenvalue weighted by molar-refractivity contribution is 5.81. The number of carbonyl (C=O) groups is 1. The first-order chi connectivity index (χ1) is 6.02. The van der Waals surface area contributed by atoms with E-state index in [2.05, 4.69) is 0 Å². The molecule has 0 unspecified atom stereocenters. The van der Waals surface area contributed by atoms with Gasteiger partial charge < -0.3 is 15.7 Å².